The summed E-state index contributed by atoms with van der Waals surface area (Å²) in [6, 6.07) is 15.4. The maximum atomic E-state index is 12.9. The van der Waals surface area contributed by atoms with Crippen molar-refractivity contribution >= 4 is 11.6 Å². The van der Waals surface area contributed by atoms with Crippen molar-refractivity contribution in [3.63, 3.8) is 0 Å². The van der Waals surface area contributed by atoms with Crippen LogP contribution in [0.25, 0.3) is 0 Å². The number of ether oxygens (including phenoxy) is 1. The Morgan fingerprint density at radius 3 is 2.55 bits per heavy atom. The molecule has 0 spiro atoms. The highest BCUT2D eigenvalue weighted by atomic mass is 16.5. The van der Waals surface area contributed by atoms with Gasteiger partial charge in [0.15, 0.2) is 0 Å². The SMILES string of the molecule is CC(C)N1C(=O)C(c2ccccc2)Oc2ccc(CN)cc21. The smallest absolute Gasteiger partial charge is 0.273 e. The molecular weight excluding hydrogens is 276 g/mol. The van der Waals surface area contributed by atoms with E-state index in [4.69, 9.17) is 10.5 Å². The summed E-state index contributed by atoms with van der Waals surface area (Å²) in [7, 11) is 0. The molecule has 0 saturated heterocycles. The fourth-order valence-electron chi connectivity index (χ4n) is 2.77. The number of carbonyl (C=O) groups excluding carboxylic acids is 1. The van der Waals surface area contributed by atoms with E-state index in [0.29, 0.717) is 6.54 Å². The lowest BCUT2D eigenvalue weighted by atomic mass is 10.0. The molecule has 1 unspecified atom stereocenters. The van der Waals surface area contributed by atoms with Gasteiger partial charge in [-0.1, -0.05) is 36.4 Å². The van der Waals surface area contributed by atoms with E-state index in [1.165, 1.54) is 0 Å². The summed E-state index contributed by atoms with van der Waals surface area (Å²) in [6.07, 6.45) is -0.597. The second-order valence-electron chi connectivity index (χ2n) is 5.72. The van der Waals surface area contributed by atoms with Crippen LogP contribution in [-0.4, -0.2) is 11.9 Å². The molecule has 0 radical (unpaired) electrons. The number of anilines is 1. The van der Waals surface area contributed by atoms with E-state index in [2.05, 4.69) is 0 Å². The summed E-state index contributed by atoms with van der Waals surface area (Å²) in [5, 5.41) is 0. The maximum absolute atomic E-state index is 12.9. The molecule has 22 heavy (non-hydrogen) atoms. The molecule has 4 nitrogen and oxygen atoms in total. The van der Waals surface area contributed by atoms with E-state index in [0.717, 1.165) is 22.6 Å². The summed E-state index contributed by atoms with van der Waals surface area (Å²) in [4.78, 5) is 14.7. The number of rotatable bonds is 3. The molecule has 1 amide bonds. The lowest BCUT2D eigenvalue weighted by molar-refractivity contribution is -0.127. The summed E-state index contributed by atoms with van der Waals surface area (Å²) < 4.78 is 5.98. The average molecular weight is 296 g/mol. The standard InChI is InChI=1S/C18H20N2O2/c1-12(2)20-15-10-13(11-19)8-9-16(15)22-17(18(20)21)14-6-4-3-5-7-14/h3-10,12,17H,11,19H2,1-2H3. The summed E-state index contributed by atoms with van der Waals surface area (Å²) in [6.45, 7) is 4.45. The van der Waals surface area contributed by atoms with Crippen molar-refractivity contribution in [2.75, 3.05) is 4.90 Å². The van der Waals surface area contributed by atoms with Gasteiger partial charge in [0.05, 0.1) is 5.69 Å². The number of fused-ring (bicyclic) bond motifs is 1. The molecule has 0 saturated carbocycles. The monoisotopic (exact) mass is 296 g/mol. The van der Waals surface area contributed by atoms with Gasteiger partial charge in [0.1, 0.15) is 5.75 Å². The van der Waals surface area contributed by atoms with Crippen molar-refractivity contribution in [1.29, 1.82) is 0 Å². The van der Waals surface area contributed by atoms with E-state index in [9.17, 15) is 4.79 Å². The molecule has 1 atom stereocenters. The van der Waals surface area contributed by atoms with Gasteiger partial charge in [-0.25, -0.2) is 0 Å². The third-order valence-corrected chi connectivity index (χ3v) is 3.84. The van der Waals surface area contributed by atoms with Crippen molar-refractivity contribution in [2.24, 2.45) is 5.73 Å². The molecule has 1 aliphatic rings. The largest absolute Gasteiger partial charge is 0.474 e. The van der Waals surface area contributed by atoms with Crippen molar-refractivity contribution in [3.05, 3.63) is 59.7 Å². The molecule has 2 N–H and O–H groups in total. The normalized spacial score (nSPS) is 17.4. The second kappa shape index (κ2) is 5.81. The van der Waals surface area contributed by atoms with Crippen LogP contribution in [0.15, 0.2) is 48.5 Å². The fourth-order valence-corrected chi connectivity index (χ4v) is 2.77. The Kier molecular flexibility index (Phi) is 3.86. The first-order valence-corrected chi connectivity index (χ1v) is 7.49. The van der Waals surface area contributed by atoms with Crippen LogP contribution in [0.5, 0.6) is 5.75 Å². The zero-order valence-electron chi connectivity index (χ0n) is 12.8. The molecule has 1 heterocycles. The van der Waals surface area contributed by atoms with Crippen LogP contribution in [-0.2, 0) is 11.3 Å². The average Bonchev–Trinajstić information content (AvgIpc) is 2.54. The number of benzene rings is 2. The first-order chi connectivity index (χ1) is 10.6. The molecular formula is C18H20N2O2. The van der Waals surface area contributed by atoms with Crippen LogP contribution >= 0.6 is 0 Å². The lowest BCUT2D eigenvalue weighted by Gasteiger charge is -2.37. The van der Waals surface area contributed by atoms with Crippen LogP contribution in [0.2, 0.25) is 0 Å². The number of nitrogens with zero attached hydrogens (tertiary/aromatic N) is 1. The Bertz CT molecular complexity index is 683. The molecule has 2 aromatic carbocycles. The number of nitrogens with two attached hydrogens (primary N) is 1. The molecule has 0 aromatic heterocycles. The second-order valence-corrected chi connectivity index (χ2v) is 5.72. The molecule has 2 aromatic rings. The minimum Gasteiger partial charge on any atom is -0.474 e. The topological polar surface area (TPSA) is 55.6 Å². The third kappa shape index (κ3) is 2.46. The van der Waals surface area contributed by atoms with Gasteiger partial charge in [-0.3, -0.25) is 4.79 Å². The fraction of sp³-hybridized carbons (Fsp3) is 0.278. The van der Waals surface area contributed by atoms with E-state index in [1.807, 2.05) is 62.4 Å². The van der Waals surface area contributed by atoms with Gasteiger partial charge in [-0.05, 0) is 31.5 Å². The predicted octanol–water partition coefficient (Wildman–Crippen LogP) is 3.02. The van der Waals surface area contributed by atoms with E-state index >= 15 is 0 Å². The first kappa shape index (κ1) is 14.6. The number of carbonyl (C=O) groups is 1. The van der Waals surface area contributed by atoms with Crippen molar-refractivity contribution in [2.45, 2.75) is 32.5 Å². The molecule has 1 aliphatic heterocycles. The maximum Gasteiger partial charge on any atom is 0.273 e. The van der Waals surface area contributed by atoms with E-state index in [-0.39, 0.29) is 11.9 Å². The minimum atomic E-state index is -0.597. The highest BCUT2D eigenvalue weighted by molar-refractivity contribution is 6.01. The quantitative estimate of drug-likeness (QED) is 0.947. The lowest BCUT2D eigenvalue weighted by Crippen LogP contribution is -2.45. The van der Waals surface area contributed by atoms with Crippen LogP contribution in [0.1, 0.15) is 31.1 Å². The Balaban J connectivity index is 2.08. The Hall–Kier alpha value is -2.33. The molecule has 3 rings (SSSR count). The van der Waals surface area contributed by atoms with Gasteiger partial charge >= 0.3 is 0 Å². The van der Waals surface area contributed by atoms with Crippen LogP contribution in [0, 0.1) is 0 Å². The Morgan fingerprint density at radius 2 is 1.91 bits per heavy atom. The van der Waals surface area contributed by atoms with Crippen LogP contribution in [0.4, 0.5) is 5.69 Å². The van der Waals surface area contributed by atoms with Crippen molar-refractivity contribution in [3.8, 4) is 5.75 Å². The Morgan fingerprint density at radius 1 is 1.18 bits per heavy atom. The molecule has 0 bridgehead atoms. The van der Waals surface area contributed by atoms with Gasteiger partial charge in [0.25, 0.3) is 5.91 Å². The van der Waals surface area contributed by atoms with Crippen LogP contribution < -0.4 is 15.4 Å². The third-order valence-electron chi connectivity index (χ3n) is 3.84. The zero-order chi connectivity index (χ0) is 15.7. The van der Waals surface area contributed by atoms with Gasteiger partial charge in [-0.2, -0.15) is 0 Å². The van der Waals surface area contributed by atoms with Gasteiger partial charge in [0, 0.05) is 18.2 Å². The highest BCUT2D eigenvalue weighted by Crippen LogP contribution is 2.40. The summed E-state index contributed by atoms with van der Waals surface area (Å²) >= 11 is 0. The van der Waals surface area contributed by atoms with Gasteiger partial charge < -0.3 is 15.4 Å². The zero-order valence-corrected chi connectivity index (χ0v) is 12.8. The van der Waals surface area contributed by atoms with Crippen LogP contribution in [0.3, 0.4) is 0 Å². The molecule has 4 heteroatoms. The molecule has 114 valence electrons. The van der Waals surface area contributed by atoms with E-state index in [1.54, 1.807) is 4.90 Å². The van der Waals surface area contributed by atoms with Gasteiger partial charge in [-0.15, -0.1) is 0 Å². The predicted molar refractivity (Wildman–Crippen MR) is 86.8 cm³/mol. The number of amides is 1. The minimum absolute atomic E-state index is 0.0390. The van der Waals surface area contributed by atoms with Crippen molar-refractivity contribution < 1.29 is 9.53 Å². The Labute approximate surface area is 130 Å². The van der Waals surface area contributed by atoms with E-state index < -0.39 is 6.10 Å². The first-order valence-electron chi connectivity index (χ1n) is 7.49. The summed E-state index contributed by atoms with van der Waals surface area (Å²) in [5.74, 6) is 0.683. The van der Waals surface area contributed by atoms with Gasteiger partial charge in [0.2, 0.25) is 6.10 Å². The number of hydrogen-bond acceptors (Lipinski definition) is 3. The summed E-state index contributed by atoms with van der Waals surface area (Å²) in [5.41, 5.74) is 8.37. The molecule has 0 fully saturated rings. The number of hydrogen-bond donors (Lipinski definition) is 1. The van der Waals surface area contributed by atoms with Crippen molar-refractivity contribution in [1.82, 2.24) is 0 Å². The molecule has 0 aliphatic carbocycles. The highest BCUT2D eigenvalue weighted by Gasteiger charge is 2.36.